The van der Waals surface area contributed by atoms with E-state index in [0.717, 1.165) is 95.7 Å². The maximum atomic E-state index is 12.7. The number of anilines is 1. The van der Waals surface area contributed by atoms with Gasteiger partial charge in [0.05, 0.1) is 12.1 Å². The molecule has 1 aromatic carbocycles. The molecule has 5 aliphatic heterocycles. The Kier molecular flexibility index (Phi) is 12.5. The van der Waals surface area contributed by atoms with Crippen molar-refractivity contribution >= 4 is 34.8 Å². The van der Waals surface area contributed by atoms with Crippen LogP contribution in [0.1, 0.15) is 64.4 Å². The van der Waals surface area contributed by atoms with Crippen molar-refractivity contribution in [1.82, 2.24) is 15.1 Å². The highest BCUT2D eigenvalue weighted by atomic mass is 35.5. The molecule has 270 valence electrons. The molecule has 2 bridgehead atoms. The average molecular weight is 711 g/mol. The molecule has 10 nitrogen and oxygen atoms in total. The second kappa shape index (κ2) is 16.4. The van der Waals surface area contributed by atoms with Gasteiger partial charge in [0.25, 0.3) is 0 Å². The van der Waals surface area contributed by atoms with Gasteiger partial charge in [-0.25, -0.2) is 9.78 Å². The number of rotatable bonds is 15. The van der Waals surface area contributed by atoms with Crippen LogP contribution in [0.3, 0.4) is 0 Å². The SMILES string of the molecule is CC1C(CCCN2CCN(CCNC(=O)C(N)Cc3ccc(N(CCCl)CCCl)cc3)CC2)OC2OC3(C)CCC4CCCC1C42OO3. The highest BCUT2D eigenvalue weighted by Gasteiger charge is 2.67. The Hall–Kier alpha value is -1.21. The predicted octanol–water partition coefficient (Wildman–Crippen LogP) is 4.36. The summed E-state index contributed by atoms with van der Waals surface area (Å²) in [6.07, 6.45) is 8.00. The number of nitrogens with two attached hydrogens (primary N) is 1. The van der Waals surface area contributed by atoms with Crippen LogP contribution in [-0.4, -0.2) is 116 Å². The van der Waals surface area contributed by atoms with E-state index in [1.807, 2.05) is 31.2 Å². The van der Waals surface area contributed by atoms with E-state index >= 15 is 0 Å². The van der Waals surface area contributed by atoms with E-state index in [1.54, 1.807) is 0 Å². The van der Waals surface area contributed by atoms with Crippen LogP contribution in [0.15, 0.2) is 24.3 Å². The number of nitrogens with one attached hydrogen (secondary N) is 1. The van der Waals surface area contributed by atoms with Gasteiger partial charge in [-0.1, -0.05) is 25.5 Å². The fraction of sp³-hybridized carbons (Fsp3) is 0.806. The predicted molar refractivity (Wildman–Crippen MR) is 189 cm³/mol. The summed E-state index contributed by atoms with van der Waals surface area (Å²) in [5.74, 6) is 1.54. The molecule has 1 spiro atoms. The molecule has 0 aromatic heterocycles. The lowest BCUT2D eigenvalue weighted by Crippen LogP contribution is -2.69. The van der Waals surface area contributed by atoms with Gasteiger partial charge in [0.2, 0.25) is 11.7 Å². The minimum Gasteiger partial charge on any atom is -0.369 e. The summed E-state index contributed by atoms with van der Waals surface area (Å²) in [5, 5.41) is 3.05. The second-order valence-electron chi connectivity index (χ2n) is 14.9. The summed E-state index contributed by atoms with van der Waals surface area (Å²) >= 11 is 11.9. The van der Waals surface area contributed by atoms with Crippen molar-refractivity contribution in [2.75, 3.05) is 75.6 Å². The van der Waals surface area contributed by atoms with Gasteiger partial charge < -0.3 is 30.3 Å². The minimum atomic E-state index is -0.706. The summed E-state index contributed by atoms with van der Waals surface area (Å²) in [6, 6.07) is 7.57. The molecule has 0 radical (unpaired) electrons. The monoisotopic (exact) mass is 709 g/mol. The highest BCUT2D eigenvalue weighted by Crippen LogP contribution is 2.59. The number of carbonyl (C=O) groups excluding carboxylic acids is 1. The lowest BCUT2D eigenvalue weighted by atomic mass is 9.60. The molecule has 5 saturated heterocycles. The average Bonchev–Trinajstić information content (AvgIpc) is 3.32. The van der Waals surface area contributed by atoms with Crippen LogP contribution in [0.25, 0.3) is 0 Å². The van der Waals surface area contributed by atoms with Crippen LogP contribution >= 0.6 is 23.2 Å². The normalized spacial score (nSPS) is 34.3. The summed E-state index contributed by atoms with van der Waals surface area (Å²) in [7, 11) is 0. The first-order valence-corrected chi connectivity index (χ1v) is 19.5. The third-order valence-electron chi connectivity index (χ3n) is 11.8. The van der Waals surface area contributed by atoms with Gasteiger partial charge in [-0.2, -0.15) is 0 Å². The highest BCUT2D eigenvalue weighted by molar-refractivity contribution is 6.18. The number of alkyl halides is 2. The molecule has 5 heterocycles. The van der Waals surface area contributed by atoms with E-state index < -0.39 is 17.4 Å². The van der Waals surface area contributed by atoms with Gasteiger partial charge >= 0.3 is 0 Å². The number of carbonyl (C=O) groups is 1. The Morgan fingerprint density at radius 2 is 1.75 bits per heavy atom. The molecule has 7 rings (SSSR count). The lowest BCUT2D eigenvalue weighted by molar-refractivity contribution is -0.569. The van der Waals surface area contributed by atoms with Crippen molar-refractivity contribution in [3.8, 4) is 0 Å². The van der Waals surface area contributed by atoms with Crippen LogP contribution in [0.5, 0.6) is 0 Å². The van der Waals surface area contributed by atoms with Crippen LogP contribution < -0.4 is 16.0 Å². The first kappa shape index (κ1) is 36.6. The Morgan fingerprint density at radius 3 is 2.46 bits per heavy atom. The zero-order valence-corrected chi connectivity index (χ0v) is 30.4. The van der Waals surface area contributed by atoms with Crippen molar-refractivity contribution in [2.45, 2.75) is 95.0 Å². The summed E-state index contributed by atoms with van der Waals surface area (Å²) in [4.78, 5) is 32.1. The molecular formula is C36H57Cl2N5O5. The van der Waals surface area contributed by atoms with E-state index in [0.29, 0.717) is 42.5 Å². The van der Waals surface area contributed by atoms with Crippen molar-refractivity contribution in [1.29, 1.82) is 0 Å². The van der Waals surface area contributed by atoms with Crippen molar-refractivity contribution in [2.24, 2.45) is 23.5 Å². The Labute approximate surface area is 297 Å². The minimum absolute atomic E-state index is 0.104. The lowest BCUT2D eigenvalue weighted by Gasteiger charge is -2.59. The topological polar surface area (TPSA) is 102 Å². The first-order chi connectivity index (χ1) is 23.2. The summed E-state index contributed by atoms with van der Waals surface area (Å²) in [5.41, 5.74) is 7.93. The Balaban J connectivity index is 0.875. The standard InChI is InChI=1S/C36H57Cl2N5O5/c1-26-30-6-3-5-28-12-13-35(2)46-34(36(28,30)48-47-35)45-32(26)7-4-17-41-21-23-42(24-22-41)20-16-40-33(44)31(39)25-27-8-10-29(11-9-27)43(18-14-37)19-15-38/h8-11,26,28,30-32,34H,3-7,12-25,39H2,1-2H3,(H,40,44). The molecular weight excluding hydrogens is 653 g/mol. The first-order valence-electron chi connectivity index (χ1n) is 18.4. The van der Waals surface area contributed by atoms with E-state index in [9.17, 15) is 4.79 Å². The molecule has 1 amide bonds. The van der Waals surface area contributed by atoms with E-state index in [2.05, 4.69) is 26.9 Å². The molecule has 8 unspecified atom stereocenters. The van der Waals surface area contributed by atoms with Crippen LogP contribution in [0, 0.1) is 17.8 Å². The van der Waals surface area contributed by atoms with Gasteiger partial charge in [-0.3, -0.25) is 9.69 Å². The Bertz CT molecular complexity index is 1190. The van der Waals surface area contributed by atoms with Crippen molar-refractivity contribution < 1.29 is 24.0 Å². The fourth-order valence-corrected chi connectivity index (χ4v) is 9.35. The van der Waals surface area contributed by atoms with Gasteiger partial charge in [-0.05, 0) is 81.5 Å². The molecule has 3 N–H and O–H groups in total. The quantitative estimate of drug-likeness (QED) is 0.203. The smallest absolute Gasteiger partial charge is 0.237 e. The molecule has 12 heteroatoms. The number of nitrogens with zero attached hydrogens (tertiary/aromatic N) is 3. The van der Waals surface area contributed by atoms with Gasteiger partial charge in [-0.15, -0.1) is 23.2 Å². The van der Waals surface area contributed by atoms with E-state index in [4.69, 9.17) is 48.2 Å². The molecule has 1 saturated carbocycles. The van der Waals surface area contributed by atoms with Crippen molar-refractivity contribution in [3.05, 3.63) is 29.8 Å². The van der Waals surface area contributed by atoms with Gasteiger partial charge in [0.1, 0.15) is 0 Å². The number of amides is 1. The third-order valence-corrected chi connectivity index (χ3v) is 12.1. The fourth-order valence-electron chi connectivity index (χ4n) is 8.94. The van der Waals surface area contributed by atoms with E-state index in [1.165, 1.54) is 12.8 Å². The van der Waals surface area contributed by atoms with Crippen molar-refractivity contribution in [3.63, 3.8) is 0 Å². The number of halogens is 2. The van der Waals surface area contributed by atoms with Crippen LogP contribution in [0.2, 0.25) is 0 Å². The molecule has 48 heavy (non-hydrogen) atoms. The number of ether oxygens (including phenoxy) is 2. The van der Waals surface area contributed by atoms with Gasteiger partial charge in [0.15, 0.2) is 11.9 Å². The molecule has 1 aromatic rings. The summed E-state index contributed by atoms with van der Waals surface area (Å²) < 4.78 is 13.3. The molecule has 8 atom stereocenters. The molecule has 6 aliphatic rings. The number of benzene rings is 1. The third kappa shape index (κ3) is 8.13. The molecule has 6 fully saturated rings. The number of piperazine rings is 1. The van der Waals surface area contributed by atoms with Crippen LogP contribution in [-0.2, 0) is 30.5 Å². The second-order valence-corrected chi connectivity index (χ2v) is 15.6. The largest absolute Gasteiger partial charge is 0.369 e. The van der Waals surface area contributed by atoms with Gasteiger partial charge in [0, 0.05) is 82.1 Å². The Morgan fingerprint density at radius 1 is 1.04 bits per heavy atom. The zero-order chi connectivity index (χ0) is 33.7. The number of fused-ring (bicyclic) bond motifs is 2. The number of hydrogen-bond acceptors (Lipinski definition) is 9. The summed E-state index contributed by atoms with van der Waals surface area (Å²) in [6.45, 7) is 12.4. The van der Waals surface area contributed by atoms with Crippen LogP contribution in [0.4, 0.5) is 5.69 Å². The number of hydrogen-bond donors (Lipinski definition) is 2. The maximum absolute atomic E-state index is 12.7. The van der Waals surface area contributed by atoms with E-state index in [-0.39, 0.29) is 18.3 Å². The zero-order valence-electron chi connectivity index (χ0n) is 28.9. The molecule has 1 aliphatic carbocycles. The maximum Gasteiger partial charge on any atom is 0.237 e.